The summed E-state index contributed by atoms with van der Waals surface area (Å²) < 4.78 is 34.2. The zero-order valence-corrected chi connectivity index (χ0v) is 48.1. The fourth-order valence-corrected chi connectivity index (χ4v) is 10.3. The number of carbonyl (C=O) groups excluding carboxylic acids is 1. The van der Waals surface area contributed by atoms with E-state index in [2.05, 4.69) is 43.5 Å². The SMILES string of the molecule is CCC/C=C\C/C=C\CCCCCCCC(=O)NC(COC1OC(CO)C(OC2OC(CO)C(OC3OC(CO)C(O)C(O)C3O)C(O)C2O)C(O)C1O)C(O)/C=C/CCCCCCCCCCCCCCCCCCCCC. The van der Waals surface area contributed by atoms with Crippen LogP contribution in [-0.2, 0) is 33.2 Å². The first-order valence-electron chi connectivity index (χ1n) is 30.7. The number of ether oxygens (including phenoxy) is 6. The molecule has 0 bridgehead atoms. The van der Waals surface area contributed by atoms with Crippen LogP contribution in [0.15, 0.2) is 36.5 Å². The maximum absolute atomic E-state index is 13.3. The fourth-order valence-electron chi connectivity index (χ4n) is 10.3. The molecule has 17 atom stereocenters. The average Bonchev–Trinajstić information content (AvgIpc) is 3.55. The maximum atomic E-state index is 13.3. The van der Waals surface area contributed by atoms with Crippen LogP contribution in [0.3, 0.4) is 0 Å². The van der Waals surface area contributed by atoms with Crippen LogP contribution < -0.4 is 5.32 Å². The maximum Gasteiger partial charge on any atom is 0.220 e. The molecule has 19 nitrogen and oxygen atoms in total. The Morgan fingerprint density at radius 2 is 0.861 bits per heavy atom. The van der Waals surface area contributed by atoms with Crippen LogP contribution in [-0.4, -0.2) is 193 Å². The van der Waals surface area contributed by atoms with Crippen LogP contribution in [0.1, 0.15) is 206 Å². The van der Waals surface area contributed by atoms with Gasteiger partial charge in [0.2, 0.25) is 5.91 Å². The van der Waals surface area contributed by atoms with Crippen molar-refractivity contribution in [3.63, 3.8) is 0 Å². The van der Waals surface area contributed by atoms with Crippen LogP contribution in [0, 0.1) is 0 Å². The number of hydrogen-bond acceptors (Lipinski definition) is 18. The Labute approximate surface area is 472 Å². The molecule has 0 saturated carbocycles. The van der Waals surface area contributed by atoms with Crippen molar-refractivity contribution in [3.8, 4) is 0 Å². The molecule has 0 radical (unpaired) electrons. The molecule has 1 amide bonds. The summed E-state index contributed by atoms with van der Waals surface area (Å²) in [6, 6.07) is -0.979. The molecule has 3 aliphatic rings. The van der Waals surface area contributed by atoms with Crippen LogP contribution >= 0.6 is 0 Å². The highest BCUT2D eigenvalue weighted by Crippen LogP contribution is 2.33. The lowest BCUT2D eigenvalue weighted by molar-refractivity contribution is -0.379. The molecule has 19 heteroatoms. The van der Waals surface area contributed by atoms with Gasteiger partial charge in [0, 0.05) is 6.42 Å². The van der Waals surface area contributed by atoms with Crippen LogP contribution in [0.5, 0.6) is 0 Å². The number of amides is 1. The molecule has 0 spiro atoms. The van der Waals surface area contributed by atoms with Gasteiger partial charge in [-0.2, -0.15) is 0 Å². The van der Waals surface area contributed by atoms with Crippen LogP contribution in [0.2, 0.25) is 0 Å². The molecule has 0 aromatic rings. The lowest BCUT2D eigenvalue weighted by atomic mass is 9.96. The molecule has 17 unspecified atom stereocenters. The zero-order chi connectivity index (χ0) is 57.6. The number of carbonyl (C=O) groups is 1. The third kappa shape index (κ3) is 27.5. The number of aliphatic hydroxyl groups is 11. The fraction of sp³-hybridized carbons (Fsp3) is 0.883. The van der Waals surface area contributed by atoms with E-state index in [1.54, 1.807) is 6.08 Å². The molecule has 3 rings (SSSR count). The van der Waals surface area contributed by atoms with Gasteiger partial charge in [-0.15, -0.1) is 0 Å². The number of nitrogens with one attached hydrogen (secondary N) is 1. The van der Waals surface area contributed by atoms with Crippen molar-refractivity contribution < 1.29 is 89.4 Å². The third-order valence-electron chi connectivity index (χ3n) is 15.4. The Morgan fingerprint density at radius 1 is 0.456 bits per heavy atom. The van der Waals surface area contributed by atoms with Gasteiger partial charge in [0.25, 0.3) is 0 Å². The molecule has 3 aliphatic heterocycles. The largest absolute Gasteiger partial charge is 0.394 e. The summed E-state index contributed by atoms with van der Waals surface area (Å²) in [6.07, 6.45) is 19.9. The molecule has 3 fully saturated rings. The van der Waals surface area contributed by atoms with Crippen LogP contribution in [0.25, 0.3) is 0 Å². The molecule has 79 heavy (non-hydrogen) atoms. The molecule has 0 aromatic carbocycles. The van der Waals surface area contributed by atoms with Gasteiger partial charge in [0.15, 0.2) is 18.9 Å². The Bertz CT molecular complexity index is 1590. The number of aliphatic hydroxyl groups excluding tert-OH is 11. The minimum atomic E-state index is -1.98. The van der Waals surface area contributed by atoms with Gasteiger partial charge in [0.05, 0.1) is 38.6 Å². The monoisotopic (exact) mass is 1130 g/mol. The lowest BCUT2D eigenvalue weighted by Gasteiger charge is -2.48. The second-order valence-corrected chi connectivity index (χ2v) is 22.2. The predicted molar refractivity (Wildman–Crippen MR) is 300 cm³/mol. The summed E-state index contributed by atoms with van der Waals surface area (Å²) >= 11 is 0. The van der Waals surface area contributed by atoms with Crippen molar-refractivity contribution in [3.05, 3.63) is 36.5 Å². The summed E-state index contributed by atoms with van der Waals surface area (Å²) in [5.41, 5.74) is 0. The van der Waals surface area contributed by atoms with Gasteiger partial charge < -0.3 is 89.9 Å². The minimum absolute atomic E-state index is 0.227. The highest BCUT2D eigenvalue weighted by atomic mass is 16.8. The highest BCUT2D eigenvalue weighted by Gasteiger charge is 2.53. The number of rotatable bonds is 45. The Kier molecular flexibility index (Phi) is 39.4. The molecule has 0 aliphatic carbocycles. The molecular weight excluding hydrogens is 1020 g/mol. The lowest BCUT2D eigenvalue weighted by Crippen LogP contribution is -2.66. The first-order chi connectivity index (χ1) is 38.3. The van der Waals surface area contributed by atoms with Gasteiger partial charge >= 0.3 is 0 Å². The molecule has 0 aromatic heterocycles. The summed E-state index contributed by atoms with van der Waals surface area (Å²) in [6.45, 7) is 1.65. The highest BCUT2D eigenvalue weighted by molar-refractivity contribution is 5.76. The number of allylic oxidation sites excluding steroid dienone is 5. The molecule has 462 valence electrons. The van der Waals surface area contributed by atoms with Crippen molar-refractivity contribution in [1.82, 2.24) is 5.32 Å². The van der Waals surface area contributed by atoms with E-state index in [9.17, 15) is 61.0 Å². The summed E-state index contributed by atoms with van der Waals surface area (Å²) in [7, 11) is 0. The summed E-state index contributed by atoms with van der Waals surface area (Å²) in [5, 5.41) is 120. The standard InChI is InChI=1S/C60H109NO18/c1-3-5-7-9-11-13-15-17-18-19-20-21-22-23-24-26-27-29-31-33-35-37-44(65)43(61-48(66)38-36-34-32-30-28-25-16-14-12-10-8-6-4-2)42-74-58-54(72)51(69)56(46(40-63)76-58)79-60-55(73)52(70)57(47(41-64)77-60)78-59-53(71)50(68)49(67)45(39-62)75-59/h8,10,14,16,35,37,43-47,49-60,62-65,67-73H,3-7,9,11-13,15,17-34,36,38-42H2,1-2H3,(H,61,66)/b10-8-,16-14-,37-35+. The quantitative estimate of drug-likeness (QED) is 0.0257. The van der Waals surface area contributed by atoms with Gasteiger partial charge in [-0.3, -0.25) is 4.79 Å². The van der Waals surface area contributed by atoms with E-state index in [-0.39, 0.29) is 18.9 Å². The normalized spacial score (nSPS) is 30.5. The molecule has 3 saturated heterocycles. The van der Waals surface area contributed by atoms with Crippen molar-refractivity contribution >= 4 is 5.91 Å². The first-order valence-corrected chi connectivity index (χ1v) is 30.7. The Balaban J connectivity index is 1.49. The molecule has 3 heterocycles. The van der Waals surface area contributed by atoms with Crippen molar-refractivity contribution in [1.29, 1.82) is 0 Å². The van der Waals surface area contributed by atoms with Crippen LogP contribution in [0.4, 0.5) is 0 Å². The topological polar surface area (TPSA) is 307 Å². The van der Waals surface area contributed by atoms with Gasteiger partial charge in [-0.1, -0.05) is 192 Å². The van der Waals surface area contributed by atoms with Gasteiger partial charge in [-0.05, 0) is 44.9 Å². The summed E-state index contributed by atoms with van der Waals surface area (Å²) in [4.78, 5) is 13.3. The average molecular weight is 1130 g/mol. The second kappa shape index (κ2) is 43.6. The first kappa shape index (κ1) is 71.3. The third-order valence-corrected chi connectivity index (χ3v) is 15.4. The molecule has 12 N–H and O–H groups in total. The number of unbranched alkanes of at least 4 members (excludes halogenated alkanes) is 25. The van der Waals surface area contributed by atoms with Gasteiger partial charge in [0.1, 0.15) is 73.2 Å². The van der Waals surface area contributed by atoms with Crippen molar-refractivity contribution in [2.75, 3.05) is 26.4 Å². The van der Waals surface area contributed by atoms with E-state index >= 15 is 0 Å². The van der Waals surface area contributed by atoms with E-state index in [4.69, 9.17) is 28.4 Å². The molecular formula is C60H109NO18. The van der Waals surface area contributed by atoms with E-state index in [1.165, 1.54) is 103 Å². The van der Waals surface area contributed by atoms with E-state index < -0.39 is 124 Å². The second-order valence-electron chi connectivity index (χ2n) is 22.2. The number of hydrogen-bond donors (Lipinski definition) is 12. The minimum Gasteiger partial charge on any atom is -0.394 e. The van der Waals surface area contributed by atoms with E-state index in [0.717, 1.165) is 77.0 Å². The Morgan fingerprint density at radius 3 is 1.34 bits per heavy atom. The van der Waals surface area contributed by atoms with E-state index in [0.29, 0.717) is 6.42 Å². The van der Waals surface area contributed by atoms with E-state index in [1.807, 2.05) is 6.08 Å². The van der Waals surface area contributed by atoms with Crippen molar-refractivity contribution in [2.24, 2.45) is 0 Å². The predicted octanol–water partition coefficient (Wildman–Crippen LogP) is 5.71. The van der Waals surface area contributed by atoms with Crippen molar-refractivity contribution in [2.45, 2.75) is 311 Å². The zero-order valence-electron chi connectivity index (χ0n) is 48.1. The summed E-state index contributed by atoms with van der Waals surface area (Å²) in [5.74, 6) is -0.291. The van der Waals surface area contributed by atoms with Gasteiger partial charge in [-0.25, -0.2) is 0 Å². The Hall–Kier alpha value is -1.99. The smallest absolute Gasteiger partial charge is 0.220 e.